The summed E-state index contributed by atoms with van der Waals surface area (Å²) < 4.78 is 0. The second-order valence-electron chi connectivity index (χ2n) is 4.17. The molecule has 0 N–H and O–H groups in total. The van der Waals surface area contributed by atoms with Gasteiger partial charge in [0.15, 0.2) is 0 Å². The van der Waals surface area contributed by atoms with Crippen LogP contribution in [-0.2, 0) is 0 Å². The van der Waals surface area contributed by atoms with Crippen LogP contribution in [0.1, 0.15) is 24.9 Å². The van der Waals surface area contributed by atoms with E-state index >= 15 is 0 Å². The topological polar surface area (TPSA) is 3.24 Å². The maximum Gasteiger partial charge on any atom is 0.0542 e. The van der Waals surface area contributed by atoms with Gasteiger partial charge in [-0.2, -0.15) is 0 Å². The van der Waals surface area contributed by atoms with Crippen LogP contribution >= 0.6 is 0 Å². The van der Waals surface area contributed by atoms with Crippen LogP contribution in [0.2, 0.25) is 0 Å². The van der Waals surface area contributed by atoms with Crippen LogP contribution in [0.25, 0.3) is 0 Å². The molecule has 0 spiro atoms. The molecule has 74 valence electrons. The Morgan fingerprint density at radius 1 is 1.29 bits per heavy atom. The fraction of sp³-hybridized carbons (Fsp3) is 0.385. The van der Waals surface area contributed by atoms with Gasteiger partial charge in [0, 0.05) is 12.7 Å². The summed E-state index contributed by atoms with van der Waals surface area (Å²) in [5.41, 5.74) is 2.67. The van der Waals surface area contributed by atoms with Crippen LogP contribution in [0.3, 0.4) is 0 Å². The Kier molecular flexibility index (Phi) is 2.32. The van der Waals surface area contributed by atoms with Gasteiger partial charge in [0.2, 0.25) is 0 Å². The number of rotatable bonds is 1. The van der Waals surface area contributed by atoms with Gasteiger partial charge in [-0.3, -0.25) is 0 Å². The van der Waals surface area contributed by atoms with Gasteiger partial charge in [-0.1, -0.05) is 43.8 Å². The summed E-state index contributed by atoms with van der Waals surface area (Å²) in [6.07, 6.45) is 1.19. The Labute approximate surface area is 86.1 Å². The van der Waals surface area contributed by atoms with E-state index in [0.29, 0.717) is 12.0 Å². The Morgan fingerprint density at radius 2 is 1.93 bits per heavy atom. The van der Waals surface area contributed by atoms with Crippen molar-refractivity contribution in [2.75, 3.05) is 7.05 Å². The molecule has 1 fully saturated rings. The number of likely N-dealkylation sites (tertiary alicyclic amines) is 1. The summed E-state index contributed by atoms with van der Waals surface area (Å²) in [5, 5.41) is 0. The van der Waals surface area contributed by atoms with E-state index in [-0.39, 0.29) is 0 Å². The van der Waals surface area contributed by atoms with Gasteiger partial charge in [0.25, 0.3) is 0 Å². The lowest BCUT2D eigenvalue weighted by Crippen LogP contribution is -2.15. The summed E-state index contributed by atoms with van der Waals surface area (Å²) in [6.45, 7) is 6.37. The van der Waals surface area contributed by atoms with Crippen molar-refractivity contribution in [3.8, 4) is 0 Å². The third kappa shape index (κ3) is 1.43. The lowest BCUT2D eigenvalue weighted by molar-refractivity contribution is 0.362. The van der Waals surface area contributed by atoms with E-state index in [0.717, 1.165) is 0 Å². The lowest BCUT2D eigenvalue weighted by atomic mass is 10.0. The minimum atomic E-state index is 0.527. The van der Waals surface area contributed by atoms with Gasteiger partial charge < -0.3 is 4.90 Å². The molecule has 1 saturated heterocycles. The van der Waals surface area contributed by atoms with Crippen molar-refractivity contribution in [3.63, 3.8) is 0 Å². The summed E-state index contributed by atoms with van der Waals surface area (Å²) in [6, 6.07) is 11.2. The summed E-state index contributed by atoms with van der Waals surface area (Å²) in [7, 11) is 2.14. The normalized spacial score (nSPS) is 27.0. The highest BCUT2D eigenvalue weighted by Crippen LogP contribution is 2.39. The Bertz CT molecular complexity index is 328. The average Bonchev–Trinajstić information content (AvgIpc) is 2.47. The molecule has 0 aromatic heterocycles. The highest BCUT2D eigenvalue weighted by Gasteiger charge is 2.30. The molecule has 1 aromatic rings. The molecule has 2 atom stereocenters. The van der Waals surface area contributed by atoms with E-state index < -0.39 is 0 Å². The molecule has 1 heteroatoms. The number of benzene rings is 1. The Balaban J connectivity index is 2.26. The molecule has 0 unspecified atom stereocenters. The van der Waals surface area contributed by atoms with Gasteiger partial charge in [0.1, 0.15) is 0 Å². The summed E-state index contributed by atoms with van der Waals surface area (Å²) >= 11 is 0. The minimum Gasteiger partial charge on any atom is -0.371 e. The van der Waals surface area contributed by atoms with Crippen molar-refractivity contribution in [2.45, 2.75) is 19.4 Å². The van der Waals surface area contributed by atoms with Crippen molar-refractivity contribution < 1.29 is 0 Å². The SMILES string of the molecule is C=C1[C@@H](C)C[C@@H](c2ccccc2)N1C. The van der Waals surface area contributed by atoms with E-state index in [4.69, 9.17) is 0 Å². The third-order valence-electron chi connectivity index (χ3n) is 3.25. The molecular weight excluding hydrogens is 170 g/mol. The zero-order valence-electron chi connectivity index (χ0n) is 8.90. The minimum absolute atomic E-state index is 0.527. The van der Waals surface area contributed by atoms with Crippen molar-refractivity contribution in [1.82, 2.24) is 4.90 Å². The maximum absolute atomic E-state index is 4.12. The van der Waals surface area contributed by atoms with Crippen molar-refractivity contribution >= 4 is 0 Å². The zero-order chi connectivity index (χ0) is 10.1. The summed E-state index contributed by atoms with van der Waals surface area (Å²) in [4.78, 5) is 2.31. The van der Waals surface area contributed by atoms with Crippen molar-refractivity contribution in [3.05, 3.63) is 48.2 Å². The van der Waals surface area contributed by atoms with E-state index in [9.17, 15) is 0 Å². The average molecular weight is 187 g/mol. The molecule has 1 heterocycles. The van der Waals surface area contributed by atoms with Gasteiger partial charge in [-0.05, 0) is 17.9 Å². The molecule has 1 aliphatic heterocycles. The largest absolute Gasteiger partial charge is 0.371 e. The first-order chi connectivity index (χ1) is 6.70. The van der Waals surface area contributed by atoms with Crippen LogP contribution in [0, 0.1) is 5.92 Å². The number of hydrogen-bond acceptors (Lipinski definition) is 1. The zero-order valence-corrected chi connectivity index (χ0v) is 8.90. The van der Waals surface area contributed by atoms with Crippen molar-refractivity contribution in [1.29, 1.82) is 0 Å². The fourth-order valence-corrected chi connectivity index (χ4v) is 2.21. The second kappa shape index (κ2) is 3.49. The standard InChI is InChI=1S/C13H17N/c1-10-9-13(14(3)11(10)2)12-7-5-4-6-8-12/h4-8,10,13H,2,9H2,1,3H3/t10-,13-/m0/s1. The molecule has 0 bridgehead atoms. The molecule has 0 radical (unpaired) electrons. The van der Waals surface area contributed by atoms with E-state index in [2.05, 4.69) is 55.8 Å². The number of nitrogens with zero attached hydrogens (tertiary/aromatic N) is 1. The first-order valence-electron chi connectivity index (χ1n) is 5.16. The van der Waals surface area contributed by atoms with Crippen LogP contribution in [0.4, 0.5) is 0 Å². The molecular formula is C13H17N. The predicted molar refractivity (Wildman–Crippen MR) is 59.9 cm³/mol. The van der Waals surface area contributed by atoms with Gasteiger partial charge in [0.05, 0.1) is 6.04 Å². The fourth-order valence-electron chi connectivity index (χ4n) is 2.21. The van der Waals surface area contributed by atoms with Crippen LogP contribution in [0.5, 0.6) is 0 Å². The first kappa shape index (κ1) is 9.32. The second-order valence-corrected chi connectivity index (χ2v) is 4.17. The van der Waals surface area contributed by atoms with Crippen LogP contribution in [0.15, 0.2) is 42.6 Å². The Hall–Kier alpha value is -1.24. The van der Waals surface area contributed by atoms with E-state index in [1.165, 1.54) is 17.7 Å². The van der Waals surface area contributed by atoms with Crippen molar-refractivity contribution in [2.24, 2.45) is 5.92 Å². The molecule has 1 aliphatic rings. The molecule has 0 amide bonds. The molecule has 2 rings (SSSR count). The van der Waals surface area contributed by atoms with Gasteiger partial charge in [-0.25, -0.2) is 0 Å². The van der Waals surface area contributed by atoms with Crippen LogP contribution in [-0.4, -0.2) is 11.9 Å². The van der Waals surface area contributed by atoms with E-state index in [1.807, 2.05) is 0 Å². The molecule has 14 heavy (non-hydrogen) atoms. The quantitative estimate of drug-likeness (QED) is 0.652. The summed E-state index contributed by atoms with van der Waals surface area (Å²) in [5.74, 6) is 0.616. The highest BCUT2D eigenvalue weighted by atomic mass is 15.2. The van der Waals surface area contributed by atoms with E-state index in [1.54, 1.807) is 0 Å². The number of hydrogen-bond donors (Lipinski definition) is 0. The molecule has 0 aliphatic carbocycles. The Morgan fingerprint density at radius 3 is 2.43 bits per heavy atom. The third-order valence-corrected chi connectivity index (χ3v) is 3.25. The molecule has 1 aromatic carbocycles. The van der Waals surface area contributed by atoms with Gasteiger partial charge in [-0.15, -0.1) is 0 Å². The molecule has 1 nitrogen and oxygen atoms in total. The van der Waals surface area contributed by atoms with Crippen LogP contribution < -0.4 is 0 Å². The van der Waals surface area contributed by atoms with Gasteiger partial charge >= 0.3 is 0 Å². The predicted octanol–water partition coefficient (Wildman–Crippen LogP) is 3.21. The lowest BCUT2D eigenvalue weighted by Gasteiger charge is -2.22. The molecule has 0 saturated carbocycles. The maximum atomic E-state index is 4.12. The smallest absolute Gasteiger partial charge is 0.0542 e. The first-order valence-corrected chi connectivity index (χ1v) is 5.16. The highest BCUT2D eigenvalue weighted by molar-refractivity contribution is 5.23. The number of allylic oxidation sites excluding steroid dienone is 1. The monoisotopic (exact) mass is 187 g/mol.